The Labute approximate surface area is 332 Å². The molecule has 0 spiro atoms. The predicted octanol–water partition coefficient (Wildman–Crippen LogP) is 13.9. The topological polar surface area (TPSA) is 55.8 Å². The van der Waals surface area contributed by atoms with E-state index in [9.17, 15) is 9.59 Å². The molecule has 0 amide bonds. The molecule has 0 aromatic rings. The van der Waals surface area contributed by atoms with Gasteiger partial charge >= 0.3 is 5.97 Å². The fourth-order valence-corrected chi connectivity index (χ4v) is 7.73. The molecule has 0 saturated carbocycles. The normalized spacial score (nSPS) is 15.3. The number of rotatable bonds is 35. The Bertz CT molecular complexity index is 790. The summed E-state index contributed by atoms with van der Waals surface area (Å²) >= 11 is 0. The maximum atomic E-state index is 12.2. The molecule has 53 heavy (non-hydrogen) atoms. The van der Waals surface area contributed by atoms with Gasteiger partial charge in [0, 0.05) is 26.6 Å². The molecule has 0 aliphatic carbocycles. The number of likely N-dealkylation sites (tertiary alicyclic amines) is 1. The highest BCUT2D eigenvalue weighted by Crippen LogP contribution is 2.25. The molecular weight excluding hydrogens is 655 g/mol. The second kappa shape index (κ2) is 36.7. The van der Waals surface area contributed by atoms with Crippen LogP contribution < -0.4 is 0 Å². The second-order valence-electron chi connectivity index (χ2n) is 18.5. The number of carbonyl (C=O) groups excluding carboxylic acids is 2. The van der Waals surface area contributed by atoms with Crippen molar-refractivity contribution in [3.63, 3.8) is 0 Å². The number of aldehydes is 1. The smallest absolute Gasteiger partial charge is 0.305 e. The third-order valence-electron chi connectivity index (χ3n) is 11.9. The van der Waals surface area contributed by atoms with Gasteiger partial charge in [0.25, 0.3) is 0 Å². The van der Waals surface area contributed by atoms with E-state index in [0.717, 1.165) is 68.7 Å². The Hall–Kier alpha value is -0.940. The maximum Gasteiger partial charge on any atom is 0.305 e. The van der Waals surface area contributed by atoms with Crippen LogP contribution in [0.25, 0.3) is 0 Å². The summed E-state index contributed by atoms with van der Waals surface area (Å²) in [5, 5.41) is 0. The van der Waals surface area contributed by atoms with E-state index < -0.39 is 0 Å². The lowest BCUT2D eigenvalue weighted by Crippen LogP contribution is -2.22. The number of methoxy groups -OCH3 is 1. The van der Waals surface area contributed by atoms with Gasteiger partial charge in [0.15, 0.2) is 0 Å². The van der Waals surface area contributed by atoms with Gasteiger partial charge < -0.3 is 19.2 Å². The molecule has 5 heteroatoms. The molecule has 1 saturated heterocycles. The van der Waals surface area contributed by atoms with Crippen molar-refractivity contribution in [3.8, 4) is 0 Å². The van der Waals surface area contributed by atoms with E-state index in [0.29, 0.717) is 30.8 Å². The molecule has 1 rings (SSSR count). The molecule has 3 unspecified atom stereocenters. The number of nitrogens with zero attached hydrogens (tertiary/aromatic N) is 1. The number of hydrogen-bond donors (Lipinski definition) is 0. The molecule has 0 bridgehead atoms. The first-order chi connectivity index (χ1) is 25.5. The van der Waals surface area contributed by atoms with Crippen LogP contribution in [0.3, 0.4) is 0 Å². The molecule has 0 aromatic carbocycles. The molecule has 5 nitrogen and oxygen atoms in total. The van der Waals surface area contributed by atoms with Gasteiger partial charge in [0.1, 0.15) is 6.29 Å². The average Bonchev–Trinajstić information content (AvgIpc) is 3.64. The van der Waals surface area contributed by atoms with Crippen LogP contribution in [0.15, 0.2) is 0 Å². The van der Waals surface area contributed by atoms with Crippen LogP contribution in [0.4, 0.5) is 0 Å². The van der Waals surface area contributed by atoms with Crippen molar-refractivity contribution in [1.82, 2.24) is 4.90 Å². The van der Waals surface area contributed by atoms with Crippen molar-refractivity contribution >= 4 is 12.3 Å². The molecule has 1 aliphatic heterocycles. The molecule has 316 valence electrons. The standard InChI is InChI=1S/C37H71NO3.C11H24O/c1-33(2)25-26-36(34(3)4)32-41-37(40)24-18-14-10-7-9-13-17-23-35(27-30-38-28-19-20-29-38)22-16-12-8-5-6-11-15-21-31-39;1-9(2)6-7-11(8-12-5)10(3)4/h31,33-36H,5-30,32H2,1-4H3;9-11H,6-8H2,1-5H3. The lowest BCUT2D eigenvalue weighted by Gasteiger charge is -2.21. The van der Waals surface area contributed by atoms with Gasteiger partial charge in [-0.1, -0.05) is 158 Å². The Morgan fingerprint density at radius 3 is 1.47 bits per heavy atom. The number of carbonyl (C=O) groups is 2. The number of unbranched alkanes of at least 4 members (excludes halogenated alkanes) is 13. The molecule has 1 heterocycles. The fourth-order valence-electron chi connectivity index (χ4n) is 7.73. The second-order valence-corrected chi connectivity index (χ2v) is 18.5. The molecular formula is C48H95NO4. The van der Waals surface area contributed by atoms with E-state index in [1.165, 1.54) is 142 Å². The summed E-state index contributed by atoms with van der Waals surface area (Å²) in [7, 11) is 1.80. The Balaban J connectivity index is 0.00000192. The van der Waals surface area contributed by atoms with Crippen LogP contribution >= 0.6 is 0 Å². The third-order valence-corrected chi connectivity index (χ3v) is 11.9. The minimum atomic E-state index is 0.00904. The summed E-state index contributed by atoms with van der Waals surface area (Å²) in [6.45, 7) is 23.7. The third kappa shape index (κ3) is 34.1. The van der Waals surface area contributed by atoms with Gasteiger partial charge in [-0.2, -0.15) is 0 Å². The van der Waals surface area contributed by atoms with E-state index in [-0.39, 0.29) is 5.97 Å². The maximum absolute atomic E-state index is 12.2. The van der Waals surface area contributed by atoms with Crippen LogP contribution in [0.1, 0.15) is 216 Å². The molecule has 0 radical (unpaired) electrons. The van der Waals surface area contributed by atoms with Crippen LogP contribution in [-0.4, -0.2) is 57.1 Å². The van der Waals surface area contributed by atoms with Gasteiger partial charge in [-0.25, -0.2) is 0 Å². The molecule has 0 N–H and O–H groups in total. The van der Waals surface area contributed by atoms with E-state index in [2.05, 4.69) is 60.3 Å². The molecule has 1 aliphatic rings. The lowest BCUT2D eigenvalue weighted by atomic mass is 9.89. The zero-order valence-electron chi connectivity index (χ0n) is 37.4. The Morgan fingerprint density at radius 1 is 0.566 bits per heavy atom. The summed E-state index contributed by atoms with van der Waals surface area (Å²) in [6.07, 6.45) is 32.3. The first kappa shape index (κ1) is 52.1. The summed E-state index contributed by atoms with van der Waals surface area (Å²) in [4.78, 5) is 25.3. The highest BCUT2D eigenvalue weighted by molar-refractivity contribution is 5.69. The first-order valence-corrected chi connectivity index (χ1v) is 23.3. The lowest BCUT2D eigenvalue weighted by molar-refractivity contribution is -0.145. The summed E-state index contributed by atoms with van der Waals surface area (Å²) in [6, 6.07) is 0. The highest BCUT2D eigenvalue weighted by atomic mass is 16.5. The van der Waals surface area contributed by atoms with Crippen molar-refractivity contribution in [1.29, 1.82) is 0 Å². The van der Waals surface area contributed by atoms with Crippen molar-refractivity contribution in [3.05, 3.63) is 0 Å². The summed E-state index contributed by atoms with van der Waals surface area (Å²) < 4.78 is 10.8. The quantitative estimate of drug-likeness (QED) is 0.0367. The number of hydrogen-bond acceptors (Lipinski definition) is 5. The molecule has 3 atom stereocenters. The Morgan fingerprint density at radius 2 is 1.02 bits per heavy atom. The van der Waals surface area contributed by atoms with E-state index in [1.54, 1.807) is 7.11 Å². The number of ether oxygens (including phenoxy) is 2. The van der Waals surface area contributed by atoms with E-state index >= 15 is 0 Å². The average molecular weight is 750 g/mol. The van der Waals surface area contributed by atoms with Crippen molar-refractivity contribution in [2.75, 3.05) is 40.0 Å². The van der Waals surface area contributed by atoms with Crippen molar-refractivity contribution in [2.24, 2.45) is 41.4 Å². The summed E-state index contributed by atoms with van der Waals surface area (Å²) in [5.74, 6) is 5.03. The SMILES string of the molecule is CC(C)CCC(COC(=O)CCCCCCCCCC(CCCCCCCCCC=O)CCN1CCCC1)C(C)C.COCC(CCC(C)C)C(C)C. The number of esters is 1. The van der Waals surface area contributed by atoms with Gasteiger partial charge in [-0.05, 0) is 106 Å². The van der Waals surface area contributed by atoms with Crippen LogP contribution in [0.2, 0.25) is 0 Å². The van der Waals surface area contributed by atoms with Gasteiger partial charge in [-0.3, -0.25) is 4.79 Å². The monoisotopic (exact) mass is 750 g/mol. The zero-order chi connectivity index (χ0) is 39.5. The van der Waals surface area contributed by atoms with Gasteiger partial charge in [0.05, 0.1) is 6.61 Å². The van der Waals surface area contributed by atoms with Crippen LogP contribution in [0.5, 0.6) is 0 Å². The van der Waals surface area contributed by atoms with Crippen molar-refractivity contribution in [2.45, 2.75) is 216 Å². The molecule has 1 fully saturated rings. The predicted molar refractivity (Wildman–Crippen MR) is 231 cm³/mol. The zero-order valence-corrected chi connectivity index (χ0v) is 37.4. The van der Waals surface area contributed by atoms with E-state index in [1.807, 2.05) is 0 Å². The molecule has 0 aromatic heterocycles. The minimum Gasteiger partial charge on any atom is -0.465 e. The van der Waals surface area contributed by atoms with E-state index in [4.69, 9.17) is 9.47 Å². The largest absolute Gasteiger partial charge is 0.465 e. The highest BCUT2D eigenvalue weighted by Gasteiger charge is 2.17. The van der Waals surface area contributed by atoms with Crippen LogP contribution in [-0.2, 0) is 19.1 Å². The Kier molecular flexibility index (Phi) is 36.0. The fraction of sp³-hybridized carbons (Fsp3) is 0.958. The van der Waals surface area contributed by atoms with Crippen molar-refractivity contribution < 1.29 is 19.1 Å². The van der Waals surface area contributed by atoms with Gasteiger partial charge in [-0.15, -0.1) is 0 Å². The van der Waals surface area contributed by atoms with Gasteiger partial charge in [0.2, 0.25) is 0 Å². The summed E-state index contributed by atoms with van der Waals surface area (Å²) in [5.41, 5.74) is 0. The first-order valence-electron chi connectivity index (χ1n) is 23.3. The van der Waals surface area contributed by atoms with Crippen LogP contribution in [0, 0.1) is 41.4 Å². The minimum absolute atomic E-state index is 0.00904.